The Labute approximate surface area is 237 Å². The van der Waals surface area contributed by atoms with Crippen molar-refractivity contribution in [3.63, 3.8) is 0 Å². The topological polar surface area (TPSA) is 79.2 Å². The molecule has 8 unspecified atom stereocenters. The molecule has 1 heterocycles. The number of aliphatic hydroxyl groups excluding tert-OH is 2. The van der Waals surface area contributed by atoms with Gasteiger partial charge >= 0.3 is 0 Å². The van der Waals surface area contributed by atoms with Crippen LogP contribution in [-0.4, -0.2) is 58.0 Å². The molecule has 3 N–H and O–H groups in total. The minimum absolute atomic E-state index is 0.0144. The Kier molecular flexibility index (Phi) is 6.29. The maximum absolute atomic E-state index is 12.4. The Hall–Kier alpha value is -0.460. The van der Waals surface area contributed by atoms with Gasteiger partial charge in [-0.25, -0.2) is 0 Å². The van der Waals surface area contributed by atoms with Crippen molar-refractivity contribution in [3.8, 4) is 0 Å². The summed E-state index contributed by atoms with van der Waals surface area (Å²) < 4.78 is 13.1. The number of ether oxygens (including phenoxy) is 2. The summed E-state index contributed by atoms with van der Waals surface area (Å²) in [7, 11) is 0. The number of aliphatic hydroxyl groups is 3. The van der Waals surface area contributed by atoms with Gasteiger partial charge in [0.05, 0.1) is 36.6 Å². The van der Waals surface area contributed by atoms with Crippen LogP contribution in [0.1, 0.15) is 107 Å². The Morgan fingerprint density at radius 1 is 1.03 bits per heavy atom. The highest BCUT2D eigenvalue weighted by Gasteiger charge is 2.84. The zero-order chi connectivity index (χ0) is 28.6. The second kappa shape index (κ2) is 8.56. The minimum atomic E-state index is -1.06. The van der Waals surface area contributed by atoms with E-state index < -0.39 is 17.8 Å². The number of hydrogen-bond acceptors (Lipinski definition) is 5. The normalized spacial score (nSPS) is 54.4. The number of rotatable bonds is 5. The number of hydrogen-bond donors (Lipinski definition) is 3. The van der Waals surface area contributed by atoms with Crippen LogP contribution in [0.25, 0.3) is 0 Å². The lowest BCUT2D eigenvalue weighted by molar-refractivity contribution is -0.214. The molecule has 1 saturated heterocycles. The smallest absolute Gasteiger partial charge is 0.112 e. The van der Waals surface area contributed by atoms with Gasteiger partial charge in [-0.3, -0.25) is 0 Å². The van der Waals surface area contributed by atoms with Gasteiger partial charge in [0, 0.05) is 5.41 Å². The second-order valence-electron chi connectivity index (χ2n) is 16.9. The molecule has 0 radical (unpaired) electrons. The zero-order valence-corrected chi connectivity index (χ0v) is 25.9. The molecule has 5 heteroatoms. The van der Waals surface area contributed by atoms with E-state index in [1.165, 1.54) is 19.3 Å². The molecule has 5 nitrogen and oxygen atoms in total. The molecule has 0 aromatic heterocycles. The van der Waals surface area contributed by atoms with Crippen LogP contribution in [-0.2, 0) is 9.47 Å². The van der Waals surface area contributed by atoms with Gasteiger partial charge in [-0.15, -0.1) is 0 Å². The van der Waals surface area contributed by atoms with Crippen LogP contribution in [0.3, 0.4) is 0 Å². The molecule has 6 rings (SSSR count). The van der Waals surface area contributed by atoms with E-state index in [0.29, 0.717) is 41.1 Å². The van der Waals surface area contributed by atoms with E-state index in [1.54, 1.807) is 13.8 Å². The summed E-state index contributed by atoms with van der Waals surface area (Å²) in [6, 6.07) is 0. The maximum atomic E-state index is 12.4. The molecule has 6 aliphatic rings. The van der Waals surface area contributed by atoms with Gasteiger partial charge in [0.1, 0.15) is 6.10 Å². The molecule has 0 bridgehead atoms. The van der Waals surface area contributed by atoms with Gasteiger partial charge in [0.15, 0.2) is 0 Å². The van der Waals surface area contributed by atoms with Crippen LogP contribution in [0.4, 0.5) is 0 Å². The van der Waals surface area contributed by atoms with E-state index in [9.17, 15) is 15.3 Å². The standard InChI is InChI=1S/C34H56O5/c1-19(2)17-38-28(30(6,7)37)21-16-20(3)25-26(39-21)27(36)32(9)23-11-10-22-29(4,5)24(35)12-13-33(22)18-34(23,33)15-14-31(25,32)8/h20-28,35-37H,1,10-18H2,2-9H3/t20-,21?,22+,23?,24?,25+,26?,27+,28?,31?,32-,33?,34?/m1/s1. The van der Waals surface area contributed by atoms with Gasteiger partial charge in [-0.05, 0) is 117 Å². The fourth-order valence-electron chi connectivity index (χ4n) is 12.5. The van der Waals surface area contributed by atoms with Gasteiger partial charge in [0.25, 0.3) is 0 Å². The molecule has 5 aliphatic carbocycles. The van der Waals surface area contributed by atoms with E-state index in [2.05, 4.69) is 41.2 Å². The molecule has 2 spiro atoms. The summed E-state index contributed by atoms with van der Waals surface area (Å²) in [5, 5.41) is 34.5. The molecular formula is C34H56O5. The second-order valence-corrected chi connectivity index (χ2v) is 16.9. The molecule has 39 heavy (non-hydrogen) atoms. The average Bonchev–Trinajstić information content (AvgIpc) is 3.46. The third-order valence-electron chi connectivity index (χ3n) is 14.3. The Morgan fingerprint density at radius 2 is 1.67 bits per heavy atom. The van der Waals surface area contributed by atoms with Crippen molar-refractivity contribution in [3.05, 3.63) is 12.2 Å². The molecule has 5 saturated carbocycles. The fraction of sp³-hybridized carbons (Fsp3) is 0.941. The quantitative estimate of drug-likeness (QED) is 0.376. The molecule has 1 aliphatic heterocycles. The van der Waals surface area contributed by atoms with Crippen LogP contribution in [0.5, 0.6) is 0 Å². The molecule has 0 aromatic carbocycles. The van der Waals surface area contributed by atoms with Crippen molar-refractivity contribution in [2.24, 2.45) is 50.7 Å². The van der Waals surface area contributed by atoms with Crippen molar-refractivity contribution in [2.75, 3.05) is 6.61 Å². The lowest BCUT2D eigenvalue weighted by Crippen LogP contribution is -2.59. The summed E-state index contributed by atoms with van der Waals surface area (Å²) in [6.45, 7) is 21.8. The van der Waals surface area contributed by atoms with Crippen LogP contribution in [0.15, 0.2) is 12.2 Å². The third-order valence-corrected chi connectivity index (χ3v) is 14.3. The lowest BCUT2D eigenvalue weighted by Gasteiger charge is -2.63. The van der Waals surface area contributed by atoms with Gasteiger partial charge in [0.2, 0.25) is 0 Å². The highest BCUT2D eigenvalue weighted by molar-refractivity contribution is 5.32. The molecule has 0 amide bonds. The summed E-state index contributed by atoms with van der Waals surface area (Å²) >= 11 is 0. The maximum Gasteiger partial charge on any atom is 0.112 e. The van der Waals surface area contributed by atoms with Crippen molar-refractivity contribution in [1.82, 2.24) is 0 Å². The summed E-state index contributed by atoms with van der Waals surface area (Å²) in [6.07, 6.45) is 7.20. The van der Waals surface area contributed by atoms with E-state index in [-0.39, 0.29) is 34.6 Å². The first-order chi connectivity index (χ1) is 18.0. The molecular weight excluding hydrogens is 488 g/mol. The zero-order valence-electron chi connectivity index (χ0n) is 25.9. The van der Waals surface area contributed by atoms with E-state index in [1.807, 2.05) is 6.92 Å². The minimum Gasteiger partial charge on any atom is -0.393 e. The van der Waals surface area contributed by atoms with Crippen LogP contribution >= 0.6 is 0 Å². The van der Waals surface area contributed by atoms with Crippen LogP contribution in [0.2, 0.25) is 0 Å². The largest absolute Gasteiger partial charge is 0.393 e. The highest BCUT2D eigenvalue weighted by Crippen LogP contribution is 2.89. The van der Waals surface area contributed by atoms with Crippen LogP contribution in [0, 0.1) is 50.7 Å². The van der Waals surface area contributed by atoms with E-state index in [4.69, 9.17) is 9.47 Å². The number of fused-ring (bicyclic) bond motifs is 4. The predicted molar refractivity (Wildman–Crippen MR) is 153 cm³/mol. The van der Waals surface area contributed by atoms with Gasteiger partial charge in [-0.1, -0.05) is 46.8 Å². The Bertz CT molecular complexity index is 1020. The first-order valence-corrected chi connectivity index (χ1v) is 16.0. The fourth-order valence-corrected chi connectivity index (χ4v) is 12.5. The highest BCUT2D eigenvalue weighted by atomic mass is 16.6. The van der Waals surface area contributed by atoms with Gasteiger partial charge in [-0.2, -0.15) is 0 Å². The van der Waals surface area contributed by atoms with Crippen molar-refractivity contribution >= 4 is 0 Å². The van der Waals surface area contributed by atoms with Gasteiger partial charge < -0.3 is 24.8 Å². The van der Waals surface area contributed by atoms with E-state index >= 15 is 0 Å². The van der Waals surface area contributed by atoms with Crippen molar-refractivity contribution in [1.29, 1.82) is 0 Å². The Balaban J connectivity index is 1.33. The average molecular weight is 545 g/mol. The SMILES string of the molecule is C=C(C)COC(C1C[C@@H](C)[C@H]2C(O1)[C@H](O)[C@@]1(C)C3CC[C@H]4C(C)(C)C(O)CCC45CC35CCC21C)C(C)(C)O. The summed E-state index contributed by atoms with van der Waals surface area (Å²) in [4.78, 5) is 0. The molecule has 222 valence electrons. The van der Waals surface area contributed by atoms with Crippen molar-refractivity contribution < 1.29 is 24.8 Å². The van der Waals surface area contributed by atoms with E-state index in [0.717, 1.165) is 37.7 Å². The first-order valence-electron chi connectivity index (χ1n) is 16.0. The molecule has 13 atom stereocenters. The van der Waals surface area contributed by atoms with Crippen molar-refractivity contribution in [2.45, 2.75) is 143 Å². The predicted octanol–water partition coefficient (Wildman–Crippen LogP) is 5.89. The van der Waals surface area contributed by atoms with Crippen LogP contribution < -0.4 is 0 Å². The third kappa shape index (κ3) is 3.49. The summed E-state index contributed by atoms with van der Waals surface area (Å²) in [5.41, 5.74) is 0.291. The Morgan fingerprint density at radius 3 is 2.31 bits per heavy atom. The monoisotopic (exact) mass is 544 g/mol. The first kappa shape index (κ1) is 28.6. The summed E-state index contributed by atoms with van der Waals surface area (Å²) in [5.74, 6) is 1.74. The lowest BCUT2D eigenvalue weighted by atomic mass is 9.41. The molecule has 6 fully saturated rings. The molecule has 0 aromatic rings.